The van der Waals surface area contributed by atoms with Crippen LogP contribution in [0, 0.1) is 0 Å². The summed E-state index contributed by atoms with van der Waals surface area (Å²) < 4.78 is 8.89. The van der Waals surface area contributed by atoms with E-state index in [4.69, 9.17) is 9.40 Å². The molecule has 0 bridgehead atoms. The van der Waals surface area contributed by atoms with E-state index in [1.807, 2.05) is 12.1 Å². The van der Waals surface area contributed by atoms with Gasteiger partial charge in [-0.2, -0.15) is 0 Å². The lowest BCUT2D eigenvalue weighted by atomic mass is 9.97. The van der Waals surface area contributed by atoms with Crippen LogP contribution in [0.5, 0.6) is 0 Å². The van der Waals surface area contributed by atoms with Crippen LogP contribution in [0.2, 0.25) is 0 Å². The van der Waals surface area contributed by atoms with Crippen LogP contribution < -0.4 is 0 Å². The van der Waals surface area contributed by atoms with E-state index in [1.165, 1.54) is 16.2 Å². The molecular weight excluding hydrogens is 560 g/mol. The molecule has 0 aliphatic carbocycles. The molecule has 0 saturated heterocycles. The van der Waals surface area contributed by atoms with E-state index >= 15 is 0 Å². The summed E-state index contributed by atoms with van der Waals surface area (Å²) >= 11 is 0. The predicted octanol–water partition coefficient (Wildman–Crippen LogP) is 11.7. The Morgan fingerprint density at radius 1 is 0.478 bits per heavy atom. The van der Waals surface area contributed by atoms with E-state index in [2.05, 4.69) is 150 Å². The largest absolute Gasteiger partial charge is 0.455 e. The molecule has 0 saturated carbocycles. The normalized spacial score (nSPS) is 11.9. The summed E-state index contributed by atoms with van der Waals surface area (Å²) in [5.74, 6) is 0. The van der Waals surface area contributed by atoms with Crippen molar-refractivity contribution in [2.24, 2.45) is 0 Å². The summed E-state index contributed by atoms with van der Waals surface area (Å²) in [4.78, 5) is 5.32. The topological polar surface area (TPSA) is 31.0 Å². The first-order chi connectivity index (χ1) is 22.8. The van der Waals surface area contributed by atoms with Crippen molar-refractivity contribution in [3.63, 3.8) is 0 Å². The van der Waals surface area contributed by atoms with Crippen molar-refractivity contribution < 1.29 is 4.42 Å². The molecule has 0 radical (unpaired) electrons. The Labute approximate surface area is 264 Å². The van der Waals surface area contributed by atoms with Crippen LogP contribution in [0.3, 0.4) is 0 Å². The lowest BCUT2D eigenvalue weighted by Crippen LogP contribution is -1.97. The third kappa shape index (κ3) is 3.57. The molecule has 0 aliphatic heterocycles. The molecule has 0 amide bonds. The number of benzene rings is 7. The van der Waals surface area contributed by atoms with E-state index in [0.717, 1.165) is 77.3 Å². The van der Waals surface area contributed by atoms with Crippen molar-refractivity contribution in [1.82, 2.24) is 9.55 Å². The zero-order valence-corrected chi connectivity index (χ0v) is 24.8. The van der Waals surface area contributed by atoms with Gasteiger partial charge in [0.1, 0.15) is 11.2 Å². The monoisotopic (exact) mass is 586 g/mol. The summed E-state index contributed by atoms with van der Waals surface area (Å²) in [5.41, 5.74) is 10.5. The molecule has 10 aromatic rings. The number of nitrogens with zero attached hydrogens (tertiary/aromatic N) is 2. The van der Waals surface area contributed by atoms with Crippen molar-refractivity contribution in [3.8, 4) is 28.1 Å². The van der Waals surface area contributed by atoms with Gasteiger partial charge >= 0.3 is 0 Å². The van der Waals surface area contributed by atoms with Gasteiger partial charge in [0.15, 0.2) is 0 Å². The van der Waals surface area contributed by atoms with Gasteiger partial charge in [-0.15, -0.1) is 0 Å². The van der Waals surface area contributed by atoms with Crippen LogP contribution in [0.4, 0.5) is 0 Å². The molecule has 0 atom stereocenters. The van der Waals surface area contributed by atoms with Gasteiger partial charge < -0.3 is 8.98 Å². The summed E-state index contributed by atoms with van der Waals surface area (Å²) in [6.45, 7) is 0. The maximum absolute atomic E-state index is 6.46. The highest BCUT2D eigenvalue weighted by Crippen LogP contribution is 2.43. The van der Waals surface area contributed by atoms with Gasteiger partial charge in [-0.3, -0.25) is 0 Å². The third-order valence-electron chi connectivity index (χ3n) is 9.37. The van der Waals surface area contributed by atoms with Gasteiger partial charge in [0, 0.05) is 49.1 Å². The average Bonchev–Trinajstić information content (AvgIpc) is 3.68. The van der Waals surface area contributed by atoms with Gasteiger partial charge in [0.25, 0.3) is 0 Å². The molecule has 0 N–H and O–H groups in total. The molecule has 46 heavy (non-hydrogen) atoms. The van der Waals surface area contributed by atoms with Crippen LogP contribution >= 0.6 is 0 Å². The second kappa shape index (κ2) is 9.65. The zero-order chi connectivity index (χ0) is 30.2. The number of hydrogen-bond acceptors (Lipinski definition) is 2. The lowest BCUT2D eigenvalue weighted by molar-refractivity contribution is 0.670. The number of para-hydroxylation sites is 4. The number of aromatic nitrogens is 2. The molecule has 3 nitrogen and oxygen atoms in total. The SMILES string of the molecule is c1ccc(-c2nc3ccccc3c3ccc4c5ccccc5n(-c5cccc(-c6cccc7c6oc6ccccc67)c5)c4c23)cc1. The summed E-state index contributed by atoms with van der Waals surface area (Å²) in [6, 6.07) is 55.9. The lowest BCUT2D eigenvalue weighted by Gasteiger charge is -2.15. The first-order valence-electron chi connectivity index (χ1n) is 15.6. The van der Waals surface area contributed by atoms with E-state index in [1.54, 1.807) is 0 Å². The maximum Gasteiger partial charge on any atom is 0.143 e. The third-order valence-corrected chi connectivity index (χ3v) is 9.37. The molecule has 214 valence electrons. The second-order valence-corrected chi connectivity index (χ2v) is 11.9. The molecular formula is C43H26N2O. The standard InChI is InChI=1S/C43H26N2O/c1-2-12-27(13-3-1)41-40-34(31-16-4-7-21-37(31)44-41)24-25-35-32-17-5-8-22-38(32)45(42(35)40)29-15-10-14-28(26-29)30-19-11-20-36-33-18-6-9-23-39(33)46-43(30)36/h1-26H. The number of furan rings is 1. The highest BCUT2D eigenvalue weighted by Gasteiger charge is 2.21. The minimum Gasteiger partial charge on any atom is -0.455 e. The molecule has 3 heteroatoms. The molecule has 0 spiro atoms. The van der Waals surface area contributed by atoms with E-state index in [0.29, 0.717) is 0 Å². The summed E-state index contributed by atoms with van der Waals surface area (Å²) in [7, 11) is 0. The second-order valence-electron chi connectivity index (χ2n) is 11.9. The summed E-state index contributed by atoms with van der Waals surface area (Å²) in [5, 5.41) is 8.21. The first kappa shape index (κ1) is 25.2. The van der Waals surface area contributed by atoms with E-state index in [-0.39, 0.29) is 0 Å². The fourth-order valence-corrected chi connectivity index (χ4v) is 7.36. The Balaban J connectivity index is 1.33. The van der Waals surface area contributed by atoms with Crippen LogP contribution in [0.15, 0.2) is 162 Å². The van der Waals surface area contributed by atoms with Crippen molar-refractivity contribution in [3.05, 3.63) is 158 Å². The Hall–Kier alpha value is -6.19. The highest BCUT2D eigenvalue weighted by atomic mass is 16.3. The van der Waals surface area contributed by atoms with Gasteiger partial charge in [0.2, 0.25) is 0 Å². The fourth-order valence-electron chi connectivity index (χ4n) is 7.36. The summed E-state index contributed by atoms with van der Waals surface area (Å²) in [6.07, 6.45) is 0. The molecule has 3 aromatic heterocycles. The van der Waals surface area contributed by atoms with Gasteiger partial charge in [-0.1, -0.05) is 127 Å². The minimum atomic E-state index is 0.906. The molecule has 0 unspecified atom stereocenters. The molecule has 7 aromatic carbocycles. The van der Waals surface area contributed by atoms with Gasteiger partial charge in [-0.25, -0.2) is 4.98 Å². The minimum absolute atomic E-state index is 0.906. The molecule has 0 aliphatic rings. The molecule has 3 heterocycles. The van der Waals surface area contributed by atoms with Crippen molar-refractivity contribution >= 4 is 65.4 Å². The number of rotatable bonds is 3. The van der Waals surface area contributed by atoms with Gasteiger partial charge in [-0.05, 0) is 41.3 Å². The Kier molecular flexibility index (Phi) is 5.28. The van der Waals surface area contributed by atoms with E-state index < -0.39 is 0 Å². The smallest absolute Gasteiger partial charge is 0.143 e. The Morgan fingerprint density at radius 2 is 1.17 bits per heavy atom. The Bertz CT molecular complexity index is 2800. The number of fused-ring (bicyclic) bond motifs is 10. The quantitative estimate of drug-likeness (QED) is 0.193. The maximum atomic E-state index is 6.46. The van der Waals surface area contributed by atoms with Crippen LogP contribution in [-0.4, -0.2) is 9.55 Å². The van der Waals surface area contributed by atoms with Crippen molar-refractivity contribution in [2.75, 3.05) is 0 Å². The van der Waals surface area contributed by atoms with E-state index in [9.17, 15) is 0 Å². The fraction of sp³-hybridized carbons (Fsp3) is 0. The molecule has 10 rings (SSSR count). The number of hydrogen-bond donors (Lipinski definition) is 0. The average molecular weight is 587 g/mol. The first-order valence-corrected chi connectivity index (χ1v) is 15.6. The molecule has 0 fully saturated rings. The van der Waals surface area contributed by atoms with Crippen LogP contribution in [0.1, 0.15) is 0 Å². The predicted molar refractivity (Wildman–Crippen MR) is 192 cm³/mol. The van der Waals surface area contributed by atoms with Gasteiger partial charge in [0.05, 0.1) is 22.2 Å². The van der Waals surface area contributed by atoms with Crippen LogP contribution in [-0.2, 0) is 0 Å². The zero-order valence-electron chi connectivity index (χ0n) is 24.8. The van der Waals surface area contributed by atoms with Crippen molar-refractivity contribution in [2.45, 2.75) is 0 Å². The van der Waals surface area contributed by atoms with Crippen LogP contribution in [0.25, 0.3) is 93.5 Å². The van der Waals surface area contributed by atoms with Crippen molar-refractivity contribution in [1.29, 1.82) is 0 Å². The number of pyridine rings is 1. The Morgan fingerprint density at radius 3 is 2.09 bits per heavy atom. The highest BCUT2D eigenvalue weighted by molar-refractivity contribution is 6.25.